The maximum absolute atomic E-state index is 6.25. The molecule has 0 amide bonds. The Labute approximate surface area is 121 Å². The summed E-state index contributed by atoms with van der Waals surface area (Å²) in [7, 11) is 0. The quantitative estimate of drug-likeness (QED) is 0.916. The molecule has 1 aromatic heterocycles. The van der Waals surface area contributed by atoms with Crippen LogP contribution in [0.4, 0.5) is 5.82 Å². The predicted octanol–water partition coefficient (Wildman–Crippen LogP) is 4.01. The van der Waals surface area contributed by atoms with E-state index in [1.807, 2.05) is 0 Å². The normalized spacial score (nSPS) is 11.8. The molecule has 0 saturated carbocycles. The van der Waals surface area contributed by atoms with Gasteiger partial charge in [-0.2, -0.15) is 0 Å². The Kier molecular flexibility index (Phi) is 3.89. The van der Waals surface area contributed by atoms with Gasteiger partial charge in [0.15, 0.2) is 0 Å². The number of aromatic nitrogens is 2. The molecular formula is C17H25N3. The second kappa shape index (κ2) is 5.31. The minimum absolute atomic E-state index is 0.168. The molecule has 2 rings (SSSR count). The van der Waals surface area contributed by atoms with Crippen LogP contribution in [0.5, 0.6) is 0 Å². The fourth-order valence-electron chi connectivity index (χ4n) is 2.48. The molecule has 3 nitrogen and oxygen atoms in total. The molecule has 2 aromatic rings. The van der Waals surface area contributed by atoms with Crippen LogP contribution in [-0.4, -0.2) is 9.55 Å². The summed E-state index contributed by atoms with van der Waals surface area (Å²) < 4.78 is 2.09. The van der Waals surface area contributed by atoms with Gasteiger partial charge < -0.3 is 10.3 Å². The van der Waals surface area contributed by atoms with Crippen LogP contribution < -0.4 is 5.73 Å². The van der Waals surface area contributed by atoms with Crippen LogP contribution in [0.1, 0.15) is 46.0 Å². The molecule has 3 heteroatoms. The van der Waals surface area contributed by atoms with E-state index < -0.39 is 0 Å². The van der Waals surface area contributed by atoms with Crippen LogP contribution >= 0.6 is 0 Å². The fourth-order valence-corrected chi connectivity index (χ4v) is 2.48. The lowest BCUT2D eigenvalue weighted by Gasteiger charge is -2.19. The maximum Gasteiger partial charge on any atom is 0.131 e. The second-order valence-electron chi connectivity index (χ2n) is 6.19. The summed E-state index contributed by atoms with van der Waals surface area (Å²) in [4.78, 5) is 4.70. The highest BCUT2D eigenvalue weighted by Gasteiger charge is 2.16. The van der Waals surface area contributed by atoms with Gasteiger partial charge in [0.05, 0.1) is 0 Å². The van der Waals surface area contributed by atoms with Crippen molar-refractivity contribution < 1.29 is 0 Å². The highest BCUT2D eigenvalue weighted by Crippen LogP contribution is 2.29. The number of imidazole rings is 1. The van der Waals surface area contributed by atoms with Crippen molar-refractivity contribution in [1.82, 2.24) is 9.55 Å². The Hall–Kier alpha value is -1.77. The molecule has 0 bridgehead atoms. The van der Waals surface area contributed by atoms with E-state index in [1.54, 1.807) is 0 Å². The van der Waals surface area contributed by atoms with E-state index in [9.17, 15) is 0 Å². The number of anilines is 1. The summed E-state index contributed by atoms with van der Waals surface area (Å²) in [5.41, 5.74) is 9.74. The number of benzene rings is 1. The van der Waals surface area contributed by atoms with E-state index in [-0.39, 0.29) is 5.41 Å². The van der Waals surface area contributed by atoms with Crippen LogP contribution in [0.15, 0.2) is 24.3 Å². The van der Waals surface area contributed by atoms with Gasteiger partial charge in [0, 0.05) is 18.5 Å². The monoisotopic (exact) mass is 271 g/mol. The SMILES string of the molecule is CCc1nc(-c2ccc(C(C)(C)C)cc2)c(N)n1CC. The summed E-state index contributed by atoms with van der Waals surface area (Å²) in [5, 5.41) is 0. The number of nitrogens with zero attached hydrogens (tertiary/aromatic N) is 2. The van der Waals surface area contributed by atoms with E-state index in [1.165, 1.54) is 5.56 Å². The van der Waals surface area contributed by atoms with E-state index in [2.05, 4.69) is 63.5 Å². The first-order valence-corrected chi connectivity index (χ1v) is 7.34. The molecule has 1 heterocycles. The van der Waals surface area contributed by atoms with E-state index in [0.717, 1.165) is 35.9 Å². The van der Waals surface area contributed by atoms with Gasteiger partial charge in [0.2, 0.25) is 0 Å². The molecule has 0 spiro atoms. The Morgan fingerprint density at radius 2 is 1.70 bits per heavy atom. The average Bonchev–Trinajstić information content (AvgIpc) is 2.74. The van der Waals surface area contributed by atoms with Crippen molar-refractivity contribution in [3.05, 3.63) is 35.7 Å². The molecule has 0 atom stereocenters. The van der Waals surface area contributed by atoms with Crippen molar-refractivity contribution in [2.24, 2.45) is 0 Å². The van der Waals surface area contributed by atoms with Crippen molar-refractivity contribution in [1.29, 1.82) is 0 Å². The van der Waals surface area contributed by atoms with E-state index >= 15 is 0 Å². The second-order valence-corrected chi connectivity index (χ2v) is 6.19. The zero-order chi connectivity index (χ0) is 14.9. The molecule has 1 aromatic carbocycles. The highest BCUT2D eigenvalue weighted by molar-refractivity contribution is 5.71. The Bertz CT molecular complexity index is 586. The largest absolute Gasteiger partial charge is 0.383 e. The lowest BCUT2D eigenvalue weighted by atomic mass is 9.86. The molecule has 2 N–H and O–H groups in total. The van der Waals surface area contributed by atoms with Crippen LogP contribution in [0, 0.1) is 0 Å². The first-order valence-electron chi connectivity index (χ1n) is 7.34. The summed E-state index contributed by atoms with van der Waals surface area (Å²) in [5.74, 6) is 1.83. The molecule has 0 fully saturated rings. The summed E-state index contributed by atoms with van der Waals surface area (Å²) in [6, 6.07) is 8.59. The number of nitrogens with two attached hydrogens (primary N) is 1. The number of nitrogen functional groups attached to an aromatic ring is 1. The standard InChI is InChI=1S/C17H25N3/c1-6-14-19-15(16(18)20(14)7-2)12-8-10-13(11-9-12)17(3,4)5/h8-11H,6-7,18H2,1-5H3. The van der Waals surface area contributed by atoms with Gasteiger partial charge in [0.1, 0.15) is 17.3 Å². The fraction of sp³-hybridized carbons (Fsp3) is 0.471. The third-order valence-corrected chi connectivity index (χ3v) is 3.74. The minimum Gasteiger partial charge on any atom is -0.383 e. The number of hydrogen-bond donors (Lipinski definition) is 1. The van der Waals surface area contributed by atoms with Crippen molar-refractivity contribution in [2.75, 3.05) is 5.73 Å². The van der Waals surface area contributed by atoms with Crippen LogP contribution in [-0.2, 0) is 18.4 Å². The third-order valence-electron chi connectivity index (χ3n) is 3.74. The van der Waals surface area contributed by atoms with Gasteiger partial charge in [-0.3, -0.25) is 0 Å². The number of rotatable bonds is 3. The molecular weight excluding hydrogens is 246 g/mol. The number of hydrogen-bond acceptors (Lipinski definition) is 2. The smallest absolute Gasteiger partial charge is 0.131 e. The summed E-state index contributed by atoms with van der Waals surface area (Å²) in [6.45, 7) is 11.7. The Morgan fingerprint density at radius 1 is 1.10 bits per heavy atom. The molecule has 0 aliphatic rings. The molecule has 0 radical (unpaired) electrons. The van der Waals surface area contributed by atoms with Crippen molar-refractivity contribution in [3.63, 3.8) is 0 Å². The molecule has 0 saturated heterocycles. The van der Waals surface area contributed by atoms with Gasteiger partial charge in [-0.1, -0.05) is 52.0 Å². The zero-order valence-electron chi connectivity index (χ0n) is 13.2. The molecule has 20 heavy (non-hydrogen) atoms. The minimum atomic E-state index is 0.168. The number of aryl methyl sites for hydroxylation is 1. The molecule has 0 aliphatic heterocycles. The van der Waals surface area contributed by atoms with Gasteiger partial charge >= 0.3 is 0 Å². The van der Waals surface area contributed by atoms with Gasteiger partial charge in [0.25, 0.3) is 0 Å². The Balaban J connectivity index is 2.44. The lowest BCUT2D eigenvalue weighted by molar-refractivity contribution is 0.590. The van der Waals surface area contributed by atoms with Crippen molar-refractivity contribution in [3.8, 4) is 11.3 Å². The van der Waals surface area contributed by atoms with Crippen LogP contribution in [0.2, 0.25) is 0 Å². The molecule has 0 aliphatic carbocycles. The van der Waals surface area contributed by atoms with Crippen molar-refractivity contribution in [2.45, 2.75) is 53.0 Å². The Morgan fingerprint density at radius 3 is 2.10 bits per heavy atom. The van der Waals surface area contributed by atoms with Crippen LogP contribution in [0.25, 0.3) is 11.3 Å². The molecule has 0 unspecified atom stereocenters. The summed E-state index contributed by atoms with van der Waals surface area (Å²) >= 11 is 0. The van der Waals surface area contributed by atoms with E-state index in [4.69, 9.17) is 10.7 Å². The van der Waals surface area contributed by atoms with Gasteiger partial charge in [-0.15, -0.1) is 0 Å². The third kappa shape index (κ3) is 2.58. The van der Waals surface area contributed by atoms with E-state index in [0.29, 0.717) is 0 Å². The first kappa shape index (κ1) is 14.6. The van der Waals surface area contributed by atoms with Gasteiger partial charge in [-0.25, -0.2) is 4.98 Å². The predicted molar refractivity (Wildman–Crippen MR) is 85.8 cm³/mol. The lowest BCUT2D eigenvalue weighted by Crippen LogP contribution is -2.10. The average molecular weight is 271 g/mol. The van der Waals surface area contributed by atoms with Crippen molar-refractivity contribution >= 4 is 5.82 Å². The summed E-state index contributed by atoms with van der Waals surface area (Å²) in [6.07, 6.45) is 0.901. The maximum atomic E-state index is 6.25. The first-order chi connectivity index (χ1) is 9.38. The van der Waals surface area contributed by atoms with Crippen LogP contribution in [0.3, 0.4) is 0 Å². The highest BCUT2D eigenvalue weighted by atomic mass is 15.1. The molecule has 108 valence electrons. The topological polar surface area (TPSA) is 43.8 Å². The van der Waals surface area contributed by atoms with Gasteiger partial charge in [-0.05, 0) is 17.9 Å². The zero-order valence-corrected chi connectivity index (χ0v) is 13.2.